The molecule has 2 saturated carbocycles. The zero-order valence-corrected chi connectivity index (χ0v) is 18.4. The van der Waals surface area contributed by atoms with Crippen LogP contribution in [0.15, 0.2) is 30.6 Å². The average molecular weight is 447 g/mol. The maximum Gasteiger partial charge on any atom is 0.271 e. The fourth-order valence-electron chi connectivity index (χ4n) is 4.96. The van der Waals surface area contributed by atoms with Crippen LogP contribution in [0.4, 0.5) is 5.82 Å². The van der Waals surface area contributed by atoms with Crippen molar-refractivity contribution in [3.8, 4) is 11.3 Å². The third-order valence-electron chi connectivity index (χ3n) is 7.23. The molecule has 0 radical (unpaired) electrons. The molecular weight excluding hydrogens is 420 g/mol. The molecule has 0 spiro atoms. The summed E-state index contributed by atoms with van der Waals surface area (Å²) >= 11 is 0. The van der Waals surface area contributed by atoms with E-state index in [2.05, 4.69) is 22.2 Å². The van der Waals surface area contributed by atoms with Crippen LogP contribution in [0.3, 0.4) is 0 Å². The second-order valence-electron chi connectivity index (χ2n) is 9.53. The number of nitrogen functional groups attached to an aromatic ring is 1. The fraction of sp³-hybridized carbons (Fsp3) is 0.417. The molecule has 1 atom stereocenters. The molecule has 0 saturated heterocycles. The van der Waals surface area contributed by atoms with Gasteiger partial charge >= 0.3 is 0 Å². The number of carbonyl (C=O) groups excluding carboxylic acids is 2. The van der Waals surface area contributed by atoms with Gasteiger partial charge in [-0.3, -0.25) is 14.0 Å². The number of carbonyl (C=O) groups is 2. The lowest BCUT2D eigenvalue weighted by molar-refractivity contribution is 0.0560. The third-order valence-corrected chi connectivity index (χ3v) is 7.23. The lowest BCUT2D eigenvalue weighted by atomic mass is 9.89. The number of hydrogen-bond acceptors (Lipinski definition) is 6. The van der Waals surface area contributed by atoms with Gasteiger partial charge in [-0.05, 0) is 56.2 Å². The molecule has 3 heterocycles. The van der Waals surface area contributed by atoms with Crippen LogP contribution in [0.5, 0.6) is 0 Å². The van der Waals surface area contributed by atoms with Crippen LogP contribution in [0, 0.1) is 5.92 Å². The van der Waals surface area contributed by atoms with Crippen molar-refractivity contribution in [1.82, 2.24) is 24.6 Å². The van der Waals surface area contributed by atoms with Crippen LogP contribution in [0.2, 0.25) is 0 Å². The van der Waals surface area contributed by atoms with Gasteiger partial charge in [0.05, 0.1) is 18.0 Å². The molecule has 1 aliphatic heterocycles. The summed E-state index contributed by atoms with van der Waals surface area (Å²) in [6.07, 6.45) is 6.47. The van der Waals surface area contributed by atoms with Crippen LogP contribution in [0.1, 0.15) is 59.0 Å². The monoisotopic (exact) mass is 446 g/mol. The predicted molar refractivity (Wildman–Crippen MR) is 121 cm³/mol. The number of imidazole rings is 1. The van der Waals surface area contributed by atoms with Crippen LogP contribution in [0.25, 0.3) is 16.9 Å². The Hall–Kier alpha value is -3.46. The number of fused-ring (bicyclic) bond motifs is 2. The molecular formula is C24H26N6O3. The normalized spacial score (nSPS) is 22.8. The minimum atomic E-state index is -0.356. The van der Waals surface area contributed by atoms with Crippen molar-refractivity contribution < 1.29 is 14.7 Å². The minimum absolute atomic E-state index is 0.0521. The molecule has 1 aromatic carbocycles. The van der Waals surface area contributed by atoms with Gasteiger partial charge in [0.1, 0.15) is 5.69 Å². The number of hydrogen-bond donors (Lipinski definition) is 3. The highest BCUT2D eigenvalue weighted by Gasteiger charge is 2.38. The highest BCUT2D eigenvalue weighted by atomic mass is 16.3. The van der Waals surface area contributed by atoms with Crippen LogP contribution in [-0.4, -0.2) is 54.4 Å². The molecule has 2 fully saturated rings. The fourth-order valence-corrected chi connectivity index (χ4v) is 4.96. The van der Waals surface area contributed by atoms with Gasteiger partial charge in [0, 0.05) is 36.0 Å². The number of aliphatic hydroxyl groups excluding tert-OH is 1. The molecule has 9 heteroatoms. The Morgan fingerprint density at radius 2 is 2.09 bits per heavy atom. The number of nitrogens with one attached hydrogen (secondary N) is 1. The Balaban J connectivity index is 1.32. The molecule has 0 bridgehead atoms. The van der Waals surface area contributed by atoms with Crippen molar-refractivity contribution in [2.45, 2.75) is 57.3 Å². The lowest BCUT2D eigenvalue weighted by Gasteiger charge is -2.31. The van der Waals surface area contributed by atoms with Gasteiger partial charge < -0.3 is 21.1 Å². The average Bonchev–Trinajstić information content (AvgIpc) is 3.46. The van der Waals surface area contributed by atoms with Crippen LogP contribution >= 0.6 is 0 Å². The molecule has 3 aromatic rings. The van der Waals surface area contributed by atoms with Gasteiger partial charge in [-0.25, -0.2) is 9.97 Å². The SMILES string of the molecule is CC(C1CC1)N1Cc2cc(-c3cnc4c(N)nc(C(=O)NC5CC(O)C5)cn34)ccc2C1=O. The van der Waals surface area contributed by atoms with Crippen molar-refractivity contribution in [3.63, 3.8) is 0 Å². The third kappa shape index (κ3) is 3.34. The van der Waals surface area contributed by atoms with E-state index in [9.17, 15) is 14.7 Å². The first kappa shape index (κ1) is 20.2. The lowest BCUT2D eigenvalue weighted by Crippen LogP contribution is -2.47. The van der Waals surface area contributed by atoms with E-state index in [0.29, 0.717) is 31.0 Å². The highest BCUT2D eigenvalue weighted by Crippen LogP contribution is 2.39. The Labute approximate surface area is 190 Å². The molecule has 6 rings (SSSR count). The molecule has 2 aliphatic carbocycles. The van der Waals surface area contributed by atoms with E-state index in [0.717, 1.165) is 22.4 Å². The van der Waals surface area contributed by atoms with E-state index in [4.69, 9.17) is 5.73 Å². The number of amides is 2. The summed E-state index contributed by atoms with van der Waals surface area (Å²) in [7, 11) is 0. The second-order valence-corrected chi connectivity index (χ2v) is 9.53. The number of nitrogens with zero attached hydrogens (tertiary/aromatic N) is 4. The zero-order chi connectivity index (χ0) is 22.9. The van der Waals surface area contributed by atoms with Gasteiger partial charge in [0.15, 0.2) is 11.5 Å². The quantitative estimate of drug-likeness (QED) is 0.550. The number of aromatic nitrogens is 3. The Bertz CT molecular complexity index is 1290. The zero-order valence-electron chi connectivity index (χ0n) is 18.4. The van der Waals surface area contributed by atoms with Crippen LogP contribution in [-0.2, 0) is 6.54 Å². The molecule has 170 valence electrons. The van der Waals surface area contributed by atoms with Crippen molar-refractivity contribution in [1.29, 1.82) is 0 Å². The summed E-state index contributed by atoms with van der Waals surface area (Å²) < 4.78 is 1.77. The summed E-state index contributed by atoms with van der Waals surface area (Å²) in [5, 5.41) is 12.3. The molecule has 1 unspecified atom stereocenters. The smallest absolute Gasteiger partial charge is 0.271 e. The topological polar surface area (TPSA) is 126 Å². The molecule has 3 aliphatic rings. The first-order chi connectivity index (χ1) is 15.9. The first-order valence-corrected chi connectivity index (χ1v) is 11.5. The summed E-state index contributed by atoms with van der Waals surface area (Å²) in [4.78, 5) is 36.2. The van der Waals surface area contributed by atoms with E-state index < -0.39 is 0 Å². The highest BCUT2D eigenvalue weighted by molar-refractivity contribution is 5.99. The van der Waals surface area contributed by atoms with Crippen molar-refractivity contribution >= 4 is 23.3 Å². The number of benzene rings is 1. The van der Waals surface area contributed by atoms with E-state index in [1.54, 1.807) is 16.8 Å². The van der Waals surface area contributed by atoms with Gasteiger partial charge in [-0.15, -0.1) is 0 Å². The maximum absolute atomic E-state index is 12.9. The standard InChI is InChI=1S/C24H26N6O3/c1-12(13-2-3-13)29-10-15-6-14(4-5-18(15)24(29)33)20-9-26-22-21(25)28-19(11-30(20)22)23(32)27-16-7-17(31)8-16/h4-6,9,11-13,16-17,31H,2-3,7-8,10H2,1H3,(H2,25,28)(H,27,32). The number of rotatable bonds is 5. The molecule has 4 N–H and O–H groups in total. The summed E-state index contributed by atoms with van der Waals surface area (Å²) in [6, 6.07) is 6.03. The van der Waals surface area contributed by atoms with E-state index in [1.165, 1.54) is 12.8 Å². The molecule has 33 heavy (non-hydrogen) atoms. The van der Waals surface area contributed by atoms with E-state index >= 15 is 0 Å². The van der Waals surface area contributed by atoms with Crippen molar-refractivity contribution in [3.05, 3.63) is 47.4 Å². The number of aliphatic hydroxyl groups is 1. The van der Waals surface area contributed by atoms with Gasteiger partial charge in [-0.2, -0.15) is 0 Å². The first-order valence-electron chi connectivity index (χ1n) is 11.5. The van der Waals surface area contributed by atoms with Gasteiger partial charge in [0.2, 0.25) is 0 Å². The minimum Gasteiger partial charge on any atom is -0.393 e. The summed E-state index contributed by atoms with van der Waals surface area (Å²) in [5.41, 5.74) is 10.2. The predicted octanol–water partition coefficient (Wildman–Crippen LogP) is 1.99. The van der Waals surface area contributed by atoms with Gasteiger partial charge in [0.25, 0.3) is 11.8 Å². The Kier molecular flexibility index (Phi) is 4.45. The Morgan fingerprint density at radius 3 is 2.82 bits per heavy atom. The summed E-state index contributed by atoms with van der Waals surface area (Å²) in [6.45, 7) is 2.75. The number of anilines is 1. The summed E-state index contributed by atoms with van der Waals surface area (Å²) in [5.74, 6) is 0.556. The molecule has 2 amide bonds. The van der Waals surface area contributed by atoms with Crippen molar-refractivity contribution in [2.75, 3.05) is 5.73 Å². The van der Waals surface area contributed by atoms with Gasteiger partial charge in [-0.1, -0.05) is 6.07 Å². The molecule has 9 nitrogen and oxygen atoms in total. The van der Waals surface area contributed by atoms with Crippen molar-refractivity contribution in [2.24, 2.45) is 5.92 Å². The second kappa shape index (κ2) is 7.28. The van der Waals surface area contributed by atoms with Crippen LogP contribution < -0.4 is 11.1 Å². The van der Waals surface area contributed by atoms with E-state index in [-0.39, 0.29) is 41.5 Å². The molecule has 2 aromatic heterocycles. The van der Waals surface area contributed by atoms with E-state index in [1.807, 2.05) is 23.1 Å². The maximum atomic E-state index is 12.9. The number of nitrogens with two attached hydrogens (primary N) is 1. The largest absolute Gasteiger partial charge is 0.393 e. The Morgan fingerprint density at radius 1 is 1.30 bits per heavy atom.